The number of aryl methyl sites for hydroxylation is 1. The second-order valence-corrected chi connectivity index (χ2v) is 5.39. The van der Waals surface area contributed by atoms with Gasteiger partial charge in [-0.25, -0.2) is 0 Å². The summed E-state index contributed by atoms with van der Waals surface area (Å²) in [5, 5.41) is 2.95. The zero-order valence-corrected chi connectivity index (χ0v) is 11.6. The monoisotopic (exact) mass is 262 g/mol. The van der Waals surface area contributed by atoms with Gasteiger partial charge >= 0.3 is 0 Å². The molecule has 2 atom stereocenters. The summed E-state index contributed by atoms with van der Waals surface area (Å²) in [6, 6.07) is 8.05. The van der Waals surface area contributed by atoms with Crippen molar-refractivity contribution in [1.82, 2.24) is 5.32 Å². The van der Waals surface area contributed by atoms with Crippen molar-refractivity contribution in [2.45, 2.75) is 32.9 Å². The number of carbonyl (C=O) groups excluding carboxylic acids is 1. The second kappa shape index (κ2) is 5.72. The van der Waals surface area contributed by atoms with Crippen molar-refractivity contribution in [2.75, 3.05) is 13.2 Å². The lowest BCUT2D eigenvalue weighted by Crippen LogP contribution is -2.49. The highest BCUT2D eigenvalue weighted by atomic mass is 16.5. The molecule has 0 aromatic heterocycles. The number of hydrogen-bond acceptors (Lipinski definition) is 3. The van der Waals surface area contributed by atoms with Gasteiger partial charge in [0.05, 0.1) is 18.6 Å². The third kappa shape index (κ3) is 2.96. The first-order valence-electron chi connectivity index (χ1n) is 6.75. The summed E-state index contributed by atoms with van der Waals surface area (Å²) in [5.74, 6) is -0.0305. The molecule has 4 heteroatoms. The fourth-order valence-corrected chi connectivity index (χ4v) is 2.20. The van der Waals surface area contributed by atoms with Crippen molar-refractivity contribution in [1.29, 1.82) is 0 Å². The molecule has 1 aromatic carbocycles. The maximum absolute atomic E-state index is 12.2. The van der Waals surface area contributed by atoms with E-state index in [0.29, 0.717) is 19.8 Å². The first-order chi connectivity index (χ1) is 9.06. The van der Waals surface area contributed by atoms with Gasteiger partial charge in [0.15, 0.2) is 0 Å². The van der Waals surface area contributed by atoms with Crippen LogP contribution in [-0.4, -0.2) is 25.2 Å². The van der Waals surface area contributed by atoms with Crippen LogP contribution in [0.2, 0.25) is 0 Å². The zero-order chi connectivity index (χ0) is 13.9. The van der Waals surface area contributed by atoms with E-state index in [9.17, 15) is 4.79 Å². The molecule has 0 bridgehead atoms. The van der Waals surface area contributed by atoms with Crippen LogP contribution in [-0.2, 0) is 22.5 Å². The summed E-state index contributed by atoms with van der Waals surface area (Å²) in [6.07, 6.45) is 1.02. The fourth-order valence-electron chi connectivity index (χ4n) is 2.20. The Morgan fingerprint density at radius 1 is 1.42 bits per heavy atom. The van der Waals surface area contributed by atoms with Crippen LogP contribution in [0.5, 0.6) is 0 Å². The number of benzene rings is 1. The zero-order valence-electron chi connectivity index (χ0n) is 11.6. The molecule has 1 saturated heterocycles. The molecule has 1 amide bonds. The van der Waals surface area contributed by atoms with Crippen molar-refractivity contribution >= 4 is 5.91 Å². The molecule has 0 aliphatic carbocycles. The molecule has 1 heterocycles. The molecule has 0 radical (unpaired) electrons. The summed E-state index contributed by atoms with van der Waals surface area (Å²) in [4.78, 5) is 12.2. The van der Waals surface area contributed by atoms with Crippen LogP contribution in [0, 0.1) is 5.41 Å². The van der Waals surface area contributed by atoms with Crippen molar-refractivity contribution in [3.05, 3.63) is 35.4 Å². The lowest BCUT2D eigenvalue weighted by atomic mass is 9.85. The van der Waals surface area contributed by atoms with Gasteiger partial charge in [-0.1, -0.05) is 31.2 Å². The average molecular weight is 262 g/mol. The maximum atomic E-state index is 12.2. The molecule has 1 fully saturated rings. The Balaban J connectivity index is 1.92. The van der Waals surface area contributed by atoms with Gasteiger partial charge in [0.2, 0.25) is 5.91 Å². The highest BCUT2D eigenvalue weighted by Gasteiger charge is 2.44. The van der Waals surface area contributed by atoms with Gasteiger partial charge in [-0.05, 0) is 24.5 Å². The molecule has 2 unspecified atom stereocenters. The predicted molar refractivity (Wildman–Crippen MR) is 74.6 cm³/mol. The Bertz CT molecular complexity index is 444. The third-order valence-corrected chi connectivity index (χ3v) is 3.92. The van der Waals surface area contributed by atoms with Crippen molar-refractivity contribution in [3.63, 3.8) is 0 Å². The molecule has 19 heavy (non-hydrogen) atoms. The van der Waals surface area contributed by atoms with Gasteiger partial charge in [-0.15, -0.1) is 0 Å². The number of nitrogens with two attached hydrogens (primary N) is 1. The summed E-state index contributed by atoms with van der Waals surface area (Å²) >= 11 is 0. The number of nitrogens with one attached hydrogen (secondary N) is 1. The lowest BCUT2D eigenvalue weighted by molar-refractivity contribution is -0.130. The van der Waals surface area contributed by atoms with Gasteiger partial charge in [-0.3, -0.25) is 4.79 Å². The Morgan fingerprint density at radius 3 is 2.58 bits per heavy atom. The Kier molecular flexibility index (Phi) is 4.22. The smallest absolute Gasteiger partial charge is 0.230 e. The molecule has 4 nitrogen and oxygen atoms in total. The Hall–Kier alpha value is -1.39. The first-order valence-corrected chi connectivity index (χ1v) is 6.75. The fraction of sp³-hybridized carbons (Fsp3) is 0.533. The van der Waals surface area contributed by atoms with Crippen LogP contribution < -0.4 is 11.1 Å². The topological polar surface area (TPSA) is 64.3 Å². The van der Waals surface area contributed by atoms with Crippen LogP contribution >= 0.6 is 0 Å². The minimum atomic E-state index is -0.608. The minimum absolute atomic E-state index is 0.0305. The second-order valence-electron chi connectivity index (χ2n) is 5.39. The molecular formula is C15H22N2O2. The van der Waals surface area contributed by atoms with Gasteiger partial charge in [0.1, 0.15) is 0 Å². The molecule has 2 rings (SSSR count). The van der Waals surface area contributed by atoms with Crippen LogP contribution in [0.4, 0.5) is 0 Å². The lowest BCUT2D eigenvalue weighted by Gasteiger charge is -2.25. The van der Waals surface area contributed by atoms with E-state index in [4.69, 9.17) is 10.5 Å². The summed E-state index contributed by atoms with van der Waals surface area (Å²) < 4.78 is 5.29. The molecule has 0 spiro atoms. The van der Waals surface area contributed by atoms with Crippen molar-refractivity contribution in [3.8, 4) is 0 Å². The molecule has 1 aliphatic heterocycles. The van der Waals surface area contributed by atoms with Crippen LogP contribution in [0.1, 0.15) is 25.0 Å². The number of rotatable bonds is 4. The van der Waals surface area contributed by atoms with E-state index in [1.54, 1.807) is 0 Å². The predicted octanol–water partition coefficient (Wildman–Crippen LogP) is 1.23. The summed E-state index contributed by atoms with van der Waals surface area (Å²) in [6.45, 7) is 5.37. The molecule has 1 aromatic rings. The SMILES string of the molecule is CCc1ccc(CNC(=O)C2(C)COCC2N)cc1. The molecule has 104 valence electrons. The van der Waals surface area contributed by atoms with E-state index < -0.39 is 5.41 Å². The van der Waals surface area contributed by atoms with Crippen LogP contribution in [0.25, 0.3) is 0 Å². The molecule has 1 aliphatic rings. The van der Waals surface area contributed by atoms with E-state index >= 15 is 0 Å². The highest BCUT2D eigenvalue weighted by molar-refractivity contribution is 5.83. The van der Waals surface area contributed by atoms with E-state index in [1.165, 1.54) is 5.56 Å². The number of carbonyl (C=O) groups is 1. The van der Waals surface area contributed by atoms with Gasteiger partial charge in [0, 0.05) is 12.6 Å². The van der Waals surface area contributed by atoms with Gasteiger partial charge in [-0.2, -0.15) is 0 Å². The summed E-state index contributed by atoms with van der Waals surface area (Å²) in [7, 11) is 0. The number of amides is 1. The summed E-state index contributed by atoms with van der Waals surface area (Å²) in [5.41, 5.74) is 7.73. The van der Waals surface area contributed by atoms with Crippen molar-refractivity contribution < 1.29 is 9.53 Å². The normalized spacial score (nSPS) is 26.4. The standard InChI is InChI=1S/C15H22N2O2/c1-3-11-4-6-12(7-5-11)8-17-14(18)15(2)10-19-9-13(15)16/h4-7,13H,3,8-10,16H2,1-2H3,(H,17,18). The number of hydrogen-bond donors (Lipinski definition) is 2. The minimum Gasteiger partial charge on any atom is -0.379 e. The Labute approximate surface area is 114 Å². The molecular weight excluding hydrogens is 240 g/mol. The quantitative estimate of drug-likeness (QED) is 0.857. The maximum Gasteiger partial charge on any atom is 0.230 e. The highest BCUT2D eigenvalue weighted by Crippen LogP contribution is 2.27. The Morgan fingerprint density at radius 2 is 2.05 bits per heavy atom. The van der Waals surface area contributed by atoms with Gasteiger partial charge < -0.3 is 15.8 Å². The van der Waals surface area contributed by atoms with E-state index in [1.807, 2.05) is 19.1 Å². The largest absolute Gasteiger partial charge is 0.379 e. The van der Waals surface area contributed by atoms with Gasteiger partial charge in [0.25, 0.3) is 0 Å². The van der Waals surface area contributed by atoms with E-state index in [0.717, 1.165) is 12.0 Å². The van der Waals surface area contributed by atoms with Crippen molar-refractivity contribution in [2.24, 2.45) is 11.1 Å². The van der Waals surface area contributed by atoms with E-state index in [2.05, 4.69) is 24.4 Å². The first kappa shape index (κ1) is 14.0. The third-order valence-electron chi connectivity index (χ3n) is 3.92. The van der Waals surface area contributed by atoms with Crippen LogP contribution in [0.3, 0.4) is 0 Å². The molecule has 0 saturated carbocycles. The van der Waals surface area contributed by atoms with Crippen LogP contribution in [0.15, 0.2) is 24.3 Å². The van der Waals surface area contributed by atoms with E-state index in [-0.39, 0.29) is 11.9 Å². The molecule has 3 N–H and O–H groups in total. The average Bonchev–Trinajstić information content (AvgIpc) is 2.78. The number of ether oxygens (including phenoxy) is 1.